The van der Waals surface area contributed by atoms with Crippen LogP contribution in [0.2, 0.25) is 0 Å². The average molecular weight is 700 g/mol. The molecule has 1 unspecified atom stereocenters. The molecule has 0 radical (unpaired) electrons. The highest BCUT2D eigenvalue weighted by Crippen LogP contribution is 2.50. The molecule has 4 heterocycles. The fraction of sp³-hybridized carbons (Fsp3) is 0.533. The van der Waals surface area contributed by atoms with Gasteiger partial charge in [-0.2, -0.15) is 0 Å². The lowest BCUT2D eigenvalue weighted by Crippen LogP contribution is -2.35. The van der Waals surface area contributed by atoms with Crippen LogP contribution >= 0.6 is 65.9 Å². The first kappa shape index (κ1) is 30.2. The lowest BCUT2D eigenvalue weighted by molar-refractivity contribution is 0.0622. The van der Waals surface area contributed by atoms with Crippen molar-refractivity contribution < 1.29 is 9.59 Å². The molecule has 0 spiro atoms. The number of fused-ring (bicyclic) bond motifs is 1. The molecular formula is C30H37Br2NO2S3. The van der Waals surface area contributed by atoms with E-state index in [1.54, 1.807) is 38.9 Å². The van der Waals surface area contributed by atoms with Crippen molar-refractivity contribution in [1.82, 2.24) is 4.90 Å². The summed E-state index contributed by atoms with van der Waals surface area (Å²) in [5, 5.41) is 2.04. The molecule has 0 saturated heterocycles. The number of carbonyl (C=O) groups is 2. The summed E-state index contributed by atoms with van der Waals surface area (Å²) in [6, 6.07) is 6.12. The molecular weight excluding hydrogens is 662 g/mol. The molecule has 1 aliphatic rings. The van der Waals surface area contributed by atoms with Gasteiger partial charge in [0.2, 0.25) is 0 Å². The highest BCUT2D eigenvalue weighted by molar-refractivity contribution is 9.11. The Morgan fingerprint density at radius 1 is 0.763 bits per heavy atom. The lowest BCUT2D eigenvalue weighted by atomic mass is 9.93. The largest absolute Gasteiger partial charge is 0.274 e. The van der Waals surface area contributed by atoms with Crippen LogP contribution in [0.3, 0.4) is 0 Å². The van der Waals surface area contributed by atoms with Crippen LogP contribution in [0.25, 0.3) is 19.5 Å². The molecule has 8 heteroatoms. The zero-order valence-corrected chi connectivity index (χ0v) is 27.9. The van der Waals surface area contributed by atoms with Gasteiger partial charge in [0.1, 0.15) is 0 Å². The van der Waals surface area contributed by atoms with E-state index in [1.807, 2.05) is 17.5 Å². The Hall–Kier alpha value is -0.800. The fourth-order valence-electron chi connectivity index (χ4n) is 5.24. The smallest absolute Gasteiger partial charge is 0.263 e. The van der Waals surface area contributed by atoms with Crippen LogP contribution in [0, 0.1) is 5.92 Å². The van der Waals surface area contributed by atoms with E-state index in [2.05, 4.69) is 51.8 Å². The highest BCUT2D eigenvalue weighted by atomic mass is 79.9. The Bertz CT molecular complexity index is 1150. The number of carbonyl (C=O) groups excluding carboxylic acids is 2. The first-order chi connectivity index (χ1) is 18.4. The zero-order chi connectivity index (χ0) is 27.1. The molecule has 0 N–H and O–H groups in total. The molecule has 0 aromatic carbocycles. The summed E-state index contributed by atoms with van der Waals surface area (Å²) in [7, 11) is 0. The molecule has 206 valence electrons. The molecule has 3 aromatic rings. The van der Waals surface area contributed by atoms with Gasteiger partial charge in [-0.05, 0) is 68.8 Å². The van der Waals surface area contributed by atoms with Crippen molar-refractivity contribution in [2.24, 2.45) is 5.92 Å². The van der Waals surface area contributed by atoms with Crippen LogP contribution in [0.4, 0.5) is 0 Å². The maximum atomic E-state index is 13.9. The second kappa shape index (κ2) is 14.7. The van der Waals surface area contributed by atoms with E-state index in [0.717, 1.165) is 40.6 Å². The maximum absolute atomic E-state index is 13.9. The summed E-state index contributed by atoms with van der Waals surface area (Å²) >= 11 is 11.9. The predicted molar refractivity (Wildman–Crippen MR) is 172 cm³/mol. The summed E-state index contributed by atoms with van der Waals surface area (Å²) in [5.41, 5.74) is 1.22. The Morgan fingerprint density at radius 3 is 1.89 bits per heavy atom. The molecule has 2 amide bonds. The molecule has 4 rings (SSSR count). The number of nitrogens with zero attached hydrogens (tertiary/aromatic N) is 1. The third-order valence-electron chi connectivity index (χ3n) is 7.29. The van der Waals surface area contributed by atoms with Crippen LogP contribution in [0.15, 0.2) is 31.8 Å². The standard InChI is InChI=1S/C30H37Br2NO2S3/c1-3-5-7-9-10-12-14-20(13-11-8-6-4-2)18-33-29(34)25-26(30(33)35)28(23-17-21(31)19-36-23)38-27(25)22-15-16-24(32)37-22/h15-17,19-20H,3-14,18H2,1-2H3. The van der Waals surface area contributed by atoms with Gasteiger partial charge in [0.15, 0.2) is 0 Å². The lowest BCUT2D eigenvalue weighted by Gasteiger charge is -2.23. The topological polar surface area (TPSA) is 37.4 Å². The molecule has 1 atom stereocenters. The van der Waals surface area contributed by atoms with Gasteiger partial charge in [0.25, 0.3) is 11.8 Å². The van der Waals surface area contributed by atoms with E-state index in [-0.39, 0.29) is 11.8 Å². The van der Waals surface area contributed by atoms with Crippen LogP contribution < -0.4 is 0 Å². The summed E-state index contributed by atoms with van der Waals surface area (Å²) in [6.45, 7) is 5.03. The van der Waals surface area contributed by atoms with E-state index in [0.29, 0.717) is 23.6 Å². The molecule has 0 fully saturated rings. The quantitative estimate of drug-likeness (QED) is 0.110. The third-order valence-corrected chi connectivity index (χ3v) is 12.2. The fourth-order valence-corrected chi connectivity index (χ4v) is 9.58. The summed E-state index contributed by atoms with van der Waals surface area (Å²) in [6.07, 6.45) is 14.7. The van der Waals surface area contributed by atoms with Crippen LogP contribution in [0.1, 0.15) is 112 Å². The van der Waals surface area contributed by atoms with Gasteiger partial charge in [-0.3, -0.25) is 14.5 Å². The van der Waals surface area contributed by atoms with Gasteiger partial charge >= 0.3 is 0 Å². The third kappa shape index (κ3) is 7.28. The van der Waals surface area contributed by atoms with Gasteiger partial charge in [-0.15, -0.1) is 34.0 Å². The zero-order valence-electron chi connectivity index (χ0n) is 22.3. The number of rotatable bonds is 16. The Morgan fingerprint density at radius 2 is 1.34 bits per heavy atom. The van der Waals surface area contributed by atoms with E-state index in [4.69, 9.17) is 0 Å². The number of amides is 2. The molecule has 0 saturated carbocycles. The van der Waals surface area contributed by atoms with E-state index in [1.165, 1.54) is 64.2 Å². The second-order valence-corrected chi connectivity index (χ2v) is 15.5. The van der Waals surface area contributed by atoms with Crippen molar-refractivity contribution in [3.05, 3.63) is 43.0 Å². The van der Waals surface area contributed by atoms with Crippen molar-refractivity contribution in [3.8, 4) is 19.5 Å². The minimum atomic E-state index is -0.107. The second-order valence-electron chi connectivity index (χ2n) is 10.2. The number of halogens is 2. The van der Waals surface area contributed by atoms with Gasteiger partial charge in [-0.1, -0.05) is 78.1 Å². The summed E-state index contributed by atoms with van der Waals surface area (Å²) < 4.78 is 2.02. The van der Waals surface area contributed by atoms with Crippen molar-refractivity contribution in [2.75, 3.05) is 6.54 Å². The van der Waals surface area contributed by atoms with E-state index in [9.17, 15) is 9.59 Å². The van der Waals surface area contributed by atoms with Gasteiger partial charge in [-0.25, -0.2) is 0 Å². The minimum Gasteiger partial charge on any atom is -0.274 e. The average Bonchev–Trinajstić information content (AvgIpc) is 3.67. The Kier molecular flexibility index (Phi) is 11.7. The van der Waals surface area contributed by atoms with Crippen molar-refractivity contribution in [2.45, 2.75) is 90.9 Å². The number of unbranched alkanes of at least 4 members (excludes halogenated alkanes) is 8. The van der Waals surface area contributed by atoms with Crippen molar-refractivity contribution in [1.29, 1.82) is 0 Å². The SMILES string of the molecule is CCCCCCCCC(CCCCCC)CN1C(=O)c2c(-c3cc(Br)cs3)sc(-c3ccc(Br)s3)c2C1=O. The molecule has 1 aliphatic heterocycles. The summed E-state index contributed by atoms with van der Waals surface area (Å²) in [5.74, 6) is 0.158. The molecule has 0 aliphatic carbocycles. The van der Waals surface area contributed by atoms with Crippen LogP contribution in [-0.2, 0) is 0 Å². The first-order valence-electron chi connectivity index (χ1n) is 14.0. The molecule has 0 bridgehead atoms. The van der Waals surface area contributed by atoms with Crippen molar-refractivity contribution in [3.63, 3.8) is 0 Å². The summed E-state index contributed by atoms with van der Waals surface area (Å²) in [4.78, 5) is 33.3. The van der Waals surface area contributed by atoms with E-state index < -0.39 is 0 Å². The van der Waals surface area contributed by atoms with Crippen LogP contribution in [0.5, 0.6) is 0 Å². The minimum absolute atomic E-state index is 0.107. The van der Waals surface area contributed by atoms with Gasteiger partial charge in [0, 0.05) is 26.2 Å². The first-order valence-corrected chi connectivity index (χ1v) is 18.1. The van der Waals surface area contributed by atoms with Gasteiger partial charge in [0.05, 0.1) is 24.7 Å². The van der Waals surface area contributed by atoms with Gasteiger partial charge < -0.3 is 0 Å². The number of hydrogen-bond acceptors (Lipinski definition) is 5. The van der Waals surface area contributed by atoms with Crippen molar-refractivity contribution >= 4 is 77.7 Å². The number of thiophene rings is 3. The number of imide groups is 1. The number of hydrogen-bond donors (Lipinski definition) is 0. The Balaban J connectivity index is 1.57. The normalized spacial score (nSPS) is 14.1. The predicted octanol–water partition coefficient (Wildman–Crippen LogP) is 11.7. The molecule has 38 heavy (non-hydrogen) atoms. The molecule has 3 nitrogen and oxygen atoms in total. The van der Waals surface area contributed by atoms with E-state index >= 15 is 0 Å². The molecule has 3 aromatic heterocycles. The highest BCUT2D eigenvalue weighted by Gasteiger charge is 2.43. The monoisotopic (exact) mass is 697 g/mol. The van der Waals surface area contributed by atoms with Crippen LogP contribution in [-0.4, -0.2) is 23.3 Å². The maximum Gasteiger partial charge on any atom is 0.263 e. The Labute approximate surface area is 256 Å².